The SMILES string of the molecule is Cc1cc(=O)n(CC(=O)Nc2ccc(Br)cc2F)c(-c2cccc(Cl)c2)n1. The molecule has 27 heavy (non-hydrogen) atoms. The van der Waals surface area contributed by atoms with Crippen LogP contribution >= 0.6 is 27.5 Å². The lowest BCUT2D eigenvalue weighted by atomic mass is 10.2. The van der Waals surface area contributed by atoms with Gasteiger partial charge in [0.2, 0.25) is 5.91 Å². The average Bonchev–Trinajstić information content (AvgIpc) is 2.59. The van der Waals surface area contributed by atoms with E-state index >= 15 is 0 Å². The van der Waals surface area contributed by atoms with E-state index in [1.807, 2.05) is 0 Å². The summed E-state index contributed by atoms with van der Waals surface area (Å²) in [7, 11) is 0. The number of amides is 1. The highest BCUT2D eigenvalue weighted by Gasteiger charge is 2.15. The summed E-state index contributed by atoms with van der Waals surface area (Å²) in [6, 6.07) is 12.5. The van der Waals surface area contributed by atoms with Gasteiger partial charge in [-0.15, -0.1) is 0 Å². The molecule has 0 bridgehead atoms. The van der Waals surface area contributed by atoms with Crippen LogP contribution in [0.5, 0.6) is 0 Å². The Morgan fingerprint density at radius 2 is 2.04 bits per heavy atom. The fourth-order valence-electron chi connectivity index (χ4n) is 2.55. The van der Waals surface area contributed by atoms with Crippen molar-refractivity contribution in [1.29, 1.82) is 0 Å². The molecule has 0 saturated carbocycles. The van der Waals surface area contributed by atoms with Crippen molar-refractivity contribution < 1.29 is 9.18 Å². The number of nitrogens with one attached hydrogen (secondary N) is 1. The number of carbonyl (C=O) groups excluding carboxylic acids is 1. The van der Waals surface area contributed by atoms with Gasteiger partial charge in [0.05, 0.1) is 5.69 Å². The molecule has 0 atom stereocenters. The number of aryl methyl sites for hydroxylation is 1. The van der Waals surface area contributed by atoms with Gasteiger partial charge >= 0.3 is 0 Å². The van der Waals surface area contributed by atoms with E-state index in [1.165, 1.54) is 22.8 Å². The number of anilines is 1. The summed E-state index contributed by atoms with van der Waals surface area (Å²) in [5.74, 6) is -0.816. The van der Waals surface area contributed by atoms with Crippen LogP contribution in [-0.4, -0.2) is 15.5 Å². The summed E-state index contributed by atoms with van der Waals surface area (Å²) in [4.78, 5) is 29.2. The molecule has 0 aliphatic heterocycles. The molecule has 0 saturated heterocycles. The van der Waals surface area contributed by atoms with Crippen LogP contribution in [0.2, 0.25) is 5.02 Å². The van der Waals surface area contributed by atoms with Gasteiger partial charge in [0.15, 0.2) is 0 Å². The van der Waals surface area contributed by atoms with E-state index in [-0.39, 0.29) is 17.8 Å². The van der Waals surface area contributed by atoms with Gasteiger partial charge in [-0.05, 0) is 37.3 Å². The second kappa shape index (κ2) is 8.02. The molecule has 3 aromatic rings. The third-order valence-corrected chi connectivity index (χ3v) is 4.45. The molecule has 1 N–H and O–H groups in total. The molecule has 2 aromatic carbocycles. The quantitative estimate of drug-likeness (QED) is 0.640. The van der Waals surface area contributed by atoms with E-state index in [0.717, 1.165) is 0 Å². The van der Waals surface area contributed by atoms with Crippen molar-refractivity contribution in [3.63, 3.8) is 0 Å². The summed E-state index contributed by atoms with van der Waals surface area (Å²) >= 11 is 9.19. The number of halogens is 3. The summed E-state index contributed by atoms with van der Waals surface area (Å²) in [6.07, 6.45) is 0. The van der Waals surface area contributed by atoms with Gasteiger partial charge in [-0.25, -0.2) is 9.37 Å². The second-order valence-electron chi connectivity index (χ2n) is 5.83. The summed E-state index contributed by atoms with van der Waals surface area (Å²) in [5.41, 5.74) is 0.765. The van der Waals surface area contributed by atoms with Crippen LogP contribution in [0.1, 0.15) is 5.69 Å². The van der Waals surface area contributed by atoms with Gasteiger partial charge in [-0.2, -0.15) is 0 Å². The second-order valence-corrected chi connectivity index (χ2v) is 7.18. The zero-order valence-corrected chi connectivity index (χ0v) is 16.5. The van der Waals surface area contributed by atoms with Gasteiger partial charge in [-0.3, -0.25) is 14.2 Å². The monoisotopic (exact) mass is 449 g/mol. The van der Waals surface area contributed by atoms with Crippen molar-refractivity contribution in [2.24, 2.45) is 0 Å². The molecule has 0 unspecified atom stereocenters. The maximum Gasteiger partial charge on any atom is 0.254 e. The maximum absolute atomic E-state index is 13.9. The Labute approximate surface area is 167 Å². The van der Waals surface area contributed by atoms with Crippen molar-refractivity contribution >= 4 is 39.1 Å². The Morgan fingerprint density at radius 3 is 2.74 bits per heavy atom. The molecule has 3 rings (SSSR count). The largest absolute Gasteiger partial charge is 0.322 e. The third-order valence-electron chi connectivity index (χ3n) is 3.73. The molecular weight excluding hydrogens is 437 g/mol. The summed E-state index contributed by atoms with van der Waals surface area (Å²) in [5, 5.41) is 2.95. The van der Waals surface area contributed by atoms with Gasteiger partial charge in [-0.1, -0.05) is 39.7 Å². The van der Waals surface area contributed by atoms with E-state index in [0.29, 0.717) is 26.6 Å². The number of aromatic nitrogens is 2. The smallest absolute Gasteiger partial charge is 0.254 e. The highest BCUT2D eigenvalue weighted by Crippen LogP contribution is 2.21. The Morgan fingerprint density at radius 1 is 1.26 bits per heavy atom. The first-order chi connectivity index (χ1) is 12.8. The minimum Gasteiger partial charge on any atom is -0.322 e. The van der Waals surface area contributed by atoms with E-state index in [1.54, 1.807) is 37.3 Å². The van der Waals surface area contributed by atoms with Gasteiger partial charge in [0.25, 0.3) is 5.56 Å². The van der Waals surface area contributed by atoms with E-state index < -0.39 is 11.7 Å². The highest BCUT2D eigenvalue weighted by molar-refractivity contribution is 9.10. The Balaban J connectivity index is 1.94. The van der Waals surface area contributed by atoms with Crippen molar-refractivity contribution in [2.45, 2.75) is 13.5 Å². The minimum absolute atomic E-state index is 0.0284. The number of hydrogen-bond acceptors (Lipinski definition) is 3. The molecule has 138 valence electrons. The van der Waals surface area contributed by atoms with Crippen LogP contribution in [0.3, 0.4) is 0 Å². The lowest BCUT2D eigenvalue weighted by molar-refractivity contribution is -0.116. The van der Waals surface area contributed by atoms with E-state index in [2.05, 4.69) is 26.2 Å². The predicted molar refractivity (Wildman–Crippen MR) is 106 cm³/mol. The predicted octanol–water partition coefficient (Wildman–Crippen LogP) is 4.41. The number of hydrogen-bond donors (Lipinski definition) is 1. The molecule has 0 fully saturated rings. The van der Waals surface area contributed by atoms with E-state index in [4.69, 9.17) is 11.6 Å². The Bertz CT molecular complexity index is 1080. The van der Waals surface area contributed by atoms with Crippen molar-refractivity contribution in [3.05, 3.63) is 79.9 Å². The van der Waals surface area contributed by atoms with Crippen molar-refractivity contribution in [1.82, 2.24) is 9.55 Å². The molecular formula is C19H14BrClFN3O2. The standard InChI is InChI=1S/C19H14BrClFN3O2/c1-11-7-18(27)25(19(23-11)12-3-2-4-14(21)8-12)10-17(26)24-16-6-5-13(20)9-15(16)22/h2-9H,10H2,1H3,(H,24,26). The number of nitrogens with zero attached hydrogens (tertiary/aromatic N) is 2. The first kappa shape index (κ1) is 19.3. The fraction of sp³-hybridized carbons (Fsp3) is 0.105. The summed E-state index contributed by atoms with van der Waals surface area (Å²) < 4.78 is 15.7. The lowest BCUT2D eigenvalue weighted by Gasteiger charge is -2.13. The van der Waals surface area contributed by atoms with Crippen LogP contribution in [0, 0.1) is 12.7 Å². The Hall–Kier alpha value is -2.51. The molecule has 1 aromatic heterocycles. The zero-order chi connectivity index (χ0) is 19.6. The van der Waals surface area contributed by atoms with Gasteiger partial charge in [0.1, 0.15) is 18.2 Å². The number of carbonyl (C=O) groups is 1. The van der Waals surface area contributed by atoms with E-state index in [9.17, 15) is 14.0 Å². The highest BCUT2D eigenvalue weighted by atomic mass is 79.9. The molecule has 0 radical (unpaired) electrons. The molecule has 0 aliphatic rings. The van der Waals surface area contributed by atoms with Crippen LogP contribution in [0.25, 0.3) is 11.4 Å². The van der Waals surface area contributed by atoms with Crippen LogP contribution in [-0.2, 0) is 11.3 Å². The molecule has 0 spiro atoms. The maximum atomic E-state index is 13.9. The third kappa shape index (κ3) is 4.61. The topological polar surface area (TPSA) is 64.0 Å². The first-order valence-electron chi connectivity index (χ1n) is 7.93. The molecule has 1 heterocycles. The minimum atomic E-state index is -0.581. The van der Waals surface area contributed by atoms with Crippen molar-refractivity contribution in [2.75, 3.05) is 5.32 Å². The lowest BCUT2D eigenvalue weighted by Crippen LogP contribution is -2.29. The number of benzene rings is 2. The molecule has 5 nitrogen and oxygen atoms in total. The zero-order valence-electron chi connectivity index (χ0n) is 14.2. The van der Waals surface area contributed by atoms with Crippen LogP contribution < -0.4 is 10.9 Å². The van der Waals surface area contributed by atoms with Gasteiger partial charge in [0, 0.05) is 26.8 Å². The fourth-order valence-corrected chi connectivity index (χ4v) is 3.07. The molecule has 0 aliphatic carbocycles. The normalized spacial score (nSPS) is 10.7. The average molecular weight is 451 g/mol. The Kier molecular flexibility index (Phi) is 5.72. The van der Waals surface area contributed by atoms with Gasteiger partial charge < -0.3 is 5.32 Å². The summed E-state index contributed by atoms with van der Waals surface area (Å²) in [6.45, 7) is 1.38. The van der Waals surface area contributed by atoms with Crippen LogP contribution in [0.4, 0.5) is 10.1 Å². The first-order valence-corrected chi connectivity index (χ1v) is 9.10. The number of rotatable bonds is 4. The van der Waals surface area contributed by atoms with Crippen molar-refractivity contribution in [3.8, 4) is 11.4 Å². The van der Waals surface area contributed by atoms with Crippen LogP contribution in [0.15, 0.2) is 57.8 Å². The molecule has 1 amide bonds. The molecule has 8 heteroatoms.